The van der Waals surface area contributed by atoms with E-state index in [-0.39, 0.29) is 18.6 Å². The molecule has 0 aliphatic carbocycles. The number of carbonyl (C=O) groups excluding carboxylic acids is 2. The van der Waals surface area contributed by atoms with Crippen LogP contribution in [0.15, 0.2) is 36.4 Å². The zero-order chi connectivity index (χ0) is 20.4. The van der Waals surface area contributed by atoms with Gasteiger partial charge in [-0.1, -0.05) is 52.8 Å². The van der Waals surface area contributed by atoms with Crippen LogP contribution in [-0.4, -0.2) is 37.9 Å². The van der Waals surface area contributed by atoms with Crippen LogP contribution in [0.2, 0.25) is 0 Å². The van der Waals surface area contributed by atoms with Crippen molar-refractivity contribution in [3.63, 3.8) is 0 Å². The van der Waals surface area contributed by atoms with E-state index in [4.69, 9.17) is 14.2 Å². The van der Waals surface area contributed by atoms with Crippen LogP contribution >= 0.6 is 0 Å². The second-order valence-electron chi connectivity index (χ2n) is 7.66. The number of unbranched alkanes of at least 4 members (excludes halogenated alkanes) is 1. The van der Waals surface area contributed by atoms with Gasteiger partial charge in [0.25, 0.3) is 0 Å². The molecule has 1 unspecified atom stereocenters. The highest BCUT2D eigenvalue weighted by atomic mass is 16.6. The lowest BCUT2D eigenvalue weighted by atomic mass is 9.87. The molecule has 1 atom stereocenters. The van der Waals surface area contributed by atoms with Crippen molar-refractivity contribution in [3.8, 4) is 0 Å². The summed E-state index contributed by atoms with van der Waals surface area (Å²) in [5.74, 6) is -0.981. The van der Waals surface area contributed by atoms with Gasteiger partial charge in [0.05, 0.1) is 12.2 Å². The predicted molar refractivity (Wildman–Crippen MR) is 106 cm³/mol. The Kier molecular flexibility index (Phi) is 9.22. The van der Waals surface area contributed by atoms with Crippen molar-refractivity contribution in [3.05, 3.63) is 47.5 Å². The van der Waals surface area contributed by atoms with E-state index in [1.807, 2.05) is 12.1 Å². The second kappa shape index (κ2) is 10.9. The normalized spacial score (nSPS) is 12.3. The standard InChI is InChI=1S/C22H32O5/c1-7-8-13-25-14-19(15-26-20(23)16(2)3)27-21(24)17-9-11-18(12-10-17)22(4,5)6/h9-12,19H,2,7-8,13-15H2,1,3-6H3. The minimum Gasteiger partial charge on any atom is -0.458 e. The molecule has 0 radical (unpaired) electrons. The lowest BCUT2D eigenvalue weighted by Gasteiger charge is -2.20. The van der Waals surface area contributed by atoms with Gasteiger partial charge in [0, 0.05) is 12.2 Å². The Hall–Kier alpha value is -2.14. The maximum Gasteiger partial charge on any atom is 0.338 e. The summed E-state index contributed by atoms with van der Waals surface area (Å²) in [6, 6.07) is 7.34. The Bertz CT molecular complexity index is 625. The molecule has 0 aromatic heterocycles. The molecule has 0 N–H and O–H groups in total. The molecule has 0 aliphatic heterocycles. The number of carbonyl (C=O) groups is 2. The van der Waals surface area contributed by atoms with Crippen LogP contribution in [-0.2, 0) is 24.4 Å². The van der Waals surface area contributed by atoms with Crippen LogP contribution in [0.4, 0.5) is 0 Å². The number of esters is 2. The maximum atomic E-state index is 12.4. The molecule has 5 nitrogen and oxygen atoms in total. The molecule has 0 fully saturated rings. The first-order valence-electron chi connectivity index (χ1n) is 9.37. The molecule has 0 amide bonds. The van der Waals surface area contributed by atoms with Gasteiger partial charge in [0.15, 0.2) is 6.10 Å². The van der Waals surface area contributed by atoms with E-state index in [0.717, 1.165) is 18.4 Å². The Morgan fingerprint density at radius 1 is 1.11 bits per heavy atom. The quantitative estimate of drug-likeness (QED) is 0.343. The fraction of sp³-hybridized carbons (Fsp3) is 0.545. The highest BCUT2D eigenvalue weighted by Gasteiger charge is 2.20. The van der Waals surface area contributed by atoms with Crippen molar-refractivity contribution in [2.75, 3.05) is 19.8 Å². The summed E-state index contributed by atoms with van der Waals surface area (Å²) in [4.78, 5) is 24.1. The van der Waals surface area contributed by atoms with Crippen molar-refractivity contribution in [1.82, 2.24) is 0 Å². The van der Waals surface area contributed by atoms with Crippen molar-refractivity contribution in [2.24, 2.45) is 0 Å². The van der Waals surface area contributed by atoms with Gasteiger partial charge < -0.3 is 14.2 Å². The van der Waals surface area contributed by atoms with Crippen LogP contribution in [0.5, 0.6) is 0 Å². The molecule has 5 heteroatoms. The molecule has 0 bridgehead atoms. The first kappa shape index (κ1) is 22.9. The SMILES string of the molecule is C=C(C)C(=O)OCC(COCCCC)OC(=O)c1ccc(C(C)(C)C)cc1. The van der Waals surface area contributed by atoms with Gasteiger partial charge in [0.2, 0.25) is 0 Å². The largest absolute Gasteiger partial charge is 0.458 e. The van der Waals surface area contributed by atoms with E-state index in [0.29, 0.717) is 17.7 Å². The zero-order valence-corrected chi connectivity index (χ0v) is 17.2. The van der Waals surface area contributed by atoms with Crippen molar-refractivity contribution in [1.29, 1.82) is 0 Å². The second-order valence-corrected chi connectivity index (χ2v) is 7.66. The van der Waals surface area contributed by atoms with E-state index in [1.165, 1.54) is 0 Å². The lowest BCUT2D eigenvalue weighted by molar-refractivity contribution is -0.143. The Balaban J connectivity index is 2.72. The third kappa shape index (κ3) is 8.39. The number of ether oxygens (including phenoxy) is 3. The van der Waals surface area contributed by atoms with E-state index in [1.54, 1.807) is 19.1 Å². The summed E-state index contributed by atoms with van der Waals surface area (Å²) in [5, 5.41) is 0. The number of rotatable bonds is 10. The molecule has 0 spiro atoms. The molecule has 150 valence electrons. The van der Waals surface area contributed by atoms with E-state index in [9.17, 15) is 9.59 Å². The van der Waals surface area contributed by atoms with E-state index < -0.39 is 18.0 Å². The van der Waals surface area contributed by atoms with Gasteiger partial charge in [0.1, 0.15) is 6.61 Å². The summed E-state index contributed by atoms with van der Waals surface area (Å²) in [5.41, 5.74) is 1.89. The van der Waals surface area contributed by atoms with Crippen LogP contribution in [0.25, 0.3) is 0 Å². The van der Waals surface area contributed by atoms with Crippen LogP contribution in [0.1, 0.15) is 63.4 Å². The van der Waals surface area contributed by atoms with Gasteiger partial charge >= 0.3 is 11.9 Å². The monoisotopic (exact) mass is 376 g/mol. The summed E-state index contributed by atoms with van der Waals surface area (Å²) >= 11 is 0. The Morgan fingerprint density at radius 3 is 2.26 bits per heavy atom. The van der Waals surface area contributed by atoms with Crippen molar-refractivity contribution >= 4 is 11.9 Å². The first-order chi connectivity index (χ1) is 12.6. The van der Waals surface area contributed by atoms with Gasteiger partial charge in [-0.3, -0.25) is 0 Å². The van der Waals surface area contributed by atoms with Crippen LogP contribution < -0.4 is 0 Å². The van der Waals surface area contributed by atoms with Crippen molar-refractivity contribution in [2.45, 2.75) is 59.0 Å². The minimum atomic E-state index is -0.667. The zero-order valence-electron chi connectivity index (χ0n) is 17.2. The predicted octanol–water partition coefficient (Wildman–Crippen LogP) is 4.45. The molecule has 1 rings (SSSR count). The summed E-state index contributed by atoms with van der Waals surface area (Å²) in [6.07, 6.45) is 1.26. The lowest BCUT2D eigenvalue weighted by Crippen LogP contribution is -2.30. The summed E-state index contributed by atoms with van der Waals surface area (Å²) < 4.78 is 16.2. The minimum absolute atomic E-state index is 0.00877. The van der Waals surface area contributed by atoms with Gasteiger partial charge in [-0.15, -0.1) is 0 Å². The fourth-order valence-corrected chi connectivity index (χ4v) is 2.19. The fourth-order valence-electron chi connectivity index (χ4n) is 2.19. The van der Waals surface area contributed by atoms with Crippen LogP contribution in [0, 0.1) is 0 Å². The molecule has 0 saturated carbocycles. The van der Waals surface area contributed by atoms with Crippen LogP contribution in [0.3, 0.4) is 0 Å². The molecule has 27 heavy (non-hydrogen) atoms. The third-order valence-corrected chi connectivity index (χ3v) is 3.96. The highest BCUT2D eigenvalue weighted by molar-refractivity contribution is 5.89. The molecule has 1 aromatic rings. The Labute approximate surface area is 162 Å². The number of hydrogen-bond acceptors (Lipinski definition) is 5. The van der Waals surface area contributed by atoms with Gasteiger partial charge in [-0.25, -0.2) is 9.59 Å². The van der Waals surface area contributed by atoms with E-state index in [2.05, 4.69) is 34.3 Å². The van der Waals surface area contributed by atoms with Crippen molar-refractivity contribution < 1.29 is 23.8 Å². The molecule has 0 aliphatic rings. The molecule has 0 saturated heterocycles. The average molecular weight is 376 g/mol. The van der Waals surface area contributed by atoms with E-state index >= 15 is 0 Å². The first-order valence-corrected chi connectivity index (χ1v) is 9.37. The Morgan fingerprint density at radius 2 is 1.74 bits per heavy atom. The number of hydrogen-bond donors (Lipinski definition) is 0. The smallest absolute Gasteiger partial charge is 0.338 e. The topological polar surface area (TPSA) is 61.8 Å². The molecular weight excluding hydrogens is 344 g/mol. The highest BCUT2D eigenvalue weighted by Crippen LogP contribution is 2.22. The molecule has 1 aromatic carbocycles. The van der Waals surface area contributed by atoms with Gasteiger partial charge in [-0.2, -0.15) is 0 Å². The number of benzene rings is 1. The van der Waals surface area contributed by atoms with Gasteiger partial charge in [-0.05, 0) is 36.5 Å². The molecule has 0 heterocycles. The average Bonchev–Trinajstić information content (AvgIpc) is 2.61. The molecular formula is C22H32O5. The third-order valence-electron chi connectivity index (χ3n) is 3.96. The maximum absolute atomic E-state index is 12.4. The summed E-state index contributed by atoms with van der Waals surface area (Å²) in [7, 11) is 0. The summed E-state index contributed by atoms with van der Waals surface area (Å²) in [6.45, 7) is 14.2.